The number of hydrogen-bond acceptors (Lipinski definition) is 10. The summed E-state index contributed by atoms with van der Waals surface area (Å²) in [6, 6.07) is 0. The first-order chi connectivity index (χ1) is 12.0. The van der Waals surface area contributed by atoms with Gasteiger partial charge >= 0.3 is 0 Å². The zero-order valence-corrected chi connectivity index (χ0v) is 17.6. The van der Waals surface area contributed by atoms with Crippen molar-refractivity contribution in [3.63, 3.8) is 0 Å². The van der Waals surface area contributed by atoms with Crippen LogP contribution in [0.3, 0.4) is 0 Å². The zero-order valence-electron chi connectivity index (χ0n) is 15.1. The van der Waals surface area contributed by atoms with Crippen LogP contribution in [0.25, 0.3) is 0 Å². The molecule has 1 aromatic rings. The molecule has 2 N–H and O–H groups in total. The smallest absolute Gasteiger partial charge is 0.274 e. The van der Waals surface area contributed by atoms with Crippen LogP contribution < -0.4 is 10.6 Å². The first-order valence-corrected chi connectivity index (χ1v) is 11.2. The molecule has 0 fully saturated rings. The van der Waals surface area contributed by atoms with Gasteiger partial charge in [0.25, 0.3) is 16.3 Å². The van der Waals surface area contributed by atoms with Crippen molar-refractivity contribution in [2.75, 3.05) is 19.3 Å². The zero-order chi connectivity index (χ0) is 19.8. The lowest BCUT2D eigenvalue weighted by atomic mass is 10.3. The first kappa shape index (κ1) is 22.7. The lowest BCUT2D eigenvalue weighted by Crippen LogP contribution is -2.29. The van der Waals surface area contributed by atoms with Gasteiger partial charge in [-0.1, -0.05) is 0 Å². The van der Waals surface area contributed by atoms with E-state index in [0.717, 1.165) is 17.6 Å². The third-order valence-electron chi connectivity index (χ3n) is 3.00. The van der Waals surface area contributed by atoms with Crippen molar-refractivity contribution in [2.24, 2.45) is 0 Å². The minimum atomic E-state index is -3.64. The summed E-state index contributed by atoms with van der Waals surface area (Å²) in [5, 5.41) is 18.5. The van der Waals surface area contributed by atoms with Gasteiger partial charge in [-0.05, 0) is 20.8 Å². The van der Waals surface area contributed by atoms with Gasteiger partial charge in [-0.2, -0.15) is 20.2 Å². The number of rotatable bonds is 11. The largest absolute Gasteiger partial charge is 0.370 e. The van der Waals surface area contributed by atoms with E-state index in [-0.39, 0.29) is 6.61 Å². The third kappa shape index (κ3) is 7.89. The van der Waals surface area contributed by atoms with Crippen molar-refractivity contribution >= 4 is 33.2 Å². The molecule has 0 aliphatic heterocycles. The highest BCUT2D eigenvalue weighted by molar-refractivity contribution is 7.98. The number of thiazole rings is 1. The summed E-state index contributed by atoms with van der Waals surface area (Å²) in [7, 11) is -2.03. The maximum absolute atomic E-state index is 11.9. The van der Waals surface area contributed by atoms with Crippen molar-refractivity contribution < 1.29 is 17.5 Å². The lowest BCUT2D eigenvalue weighted by Gasteiger charge is -2.17. The van der Waals surface area contributed by atoms with Crippen LogP contribution >= 0.6 is 23.1 Å². The molecule has 0 saturated heterocycles. The molecule has 0 aromatic carbocycles. The molecule has 0 radical (unpaired) electrons. The van der Waals surface area contributed by atoms with Crippen LogP contribution in [-0.2, 0) is 26.7 Å². The number of nitro groups is 1. The fraction of sp³-hybridized carbons (Fsp3) is 0.643. The van der Waals surface area contributed by atoms with Crippen LogP contribution in [-0.4, -0.2) is 42.4 Å². The first-order valence-electron chi connectivity index (χ1n) is 7.72. The Morgan fingerprint density at radius 1 is 1.50 bits per heavy atom. The van der Waals surface area contributed by atoms with E-state index in [4.69, 9.17) is 4.18 Å². The van der Waals surface area contributed by atoms with E-state index < -0.39 is 19.8 Å². The average molecular weight is 425 g/mol. The lowest BCUT2D eigenvalue weighted by molar-refractivity contribution is -0.404. The van der Waals surface area contributed by atoms with E-state index in [1.54, 1.807) is 39.6 Å². The van der Waals surface area contributed by atoms with Crippen LogP contribution in [0.15, 0.2) is 17.4 Å². The van der Waals surface area contributed by atoms with Crippen LogP contribution in [0.2, 0.25) is 0 Å². The van der Waals surface area contributed by atoms with E-state index in [1.807, 2.05) is 5.38 Å². The molecule has 0 atom stereocenters. The van der Waals surface area contributed by atoms with Gasteiger partial charge in [0.05, 0.1) is 15.4 Å². The van der Waals surface area contributed by atoms with Crippen molar-refractivity contribution in [3.8, 4) is 0 Å². The van der Waals surface area contributed by atoms with Crippen molar-refractivity contribution in [1.82, 2.24) is 15.6 Å². The molecule has 0 bridgehead atoms. The topological polar surface area (TPSA) is 123 Å². The molecule has 0 aliphatic rings. The molecule has 1 heterocycles. The second-order valence-corrected chi connectivity index (χ2v) is 10.5. The molecule has 0 amide bonds. The van der Waals surface area contributed by atoms with Gasteiger partial charge in [0.2, 0.25) is 0 Å². The maximum atomic E-state index is 11.9. The monoisotopic (exact) mass is 424 g/mol. The van der Waals surface area contributed by atoms with Gasteiger partial charge in [-0.25, -0.2) is 4.98 Å². The van der Waals surface area contributed by atoms with Gasteiger partial charge in [0.15, 0.2) is 5.82 Å². The van der Waals surface area contributed by atoms with E-state index in [9.17, 15) is 18.5 Å². The molecule has 1 rings (SSSR count). The molecule has 0 unspecified atom stereocenters. The molecular formula is C14H24N4O5S3. The Bertz CT molecular complexity index is 725. The Morgan fingerprint density at radius 2 is 2.19 bits per heavy atom. The summed E-state index contributed by atoms with van der Waals surface area (Å²) >= 11 is 2.97. The molecular weight excluding hydrogens is 400 g/mol. The molecule has 1 aromatic heterocycles. The van der Waals surface area contributed by atoms with Crippen LogP contribution in [0.1, 0.15) is 31.5 Å². The minimum Gasteiger partial charge on any atom is -0.370 e. The fourth-order valence-corrected chi connectivity index (χ4v) is 3.78. The number of aromatic nitrogens is 1. The fourth-order valence-electron chi connectivity index (χ4n) is 1.52. The predicted octanol–water partition coefficient (Wildman–Crippen LogP) is 1.91. The molecule has 12 heteroatoms. The van der Waals surface area contributed by atoms with Crippen molar-refractivity contribution in [1.29, 1.82) is 0 Å². The van der Waals surface area contributed by atoms with E-state index in [2.05, 4.69) is 15.6 Å². The molecule has 0 aliphatic carbocycles. The number of thioether (sulfide) groups is 1. The van der Waals surface area contributed by atoms with E-state index >= 15 is 0 Å². The summed E-state index contributed by atoms with van der Waals surface area (Å²) < 4.78 is 27.9. The maximum Gasteiger partial charge on any atom is 0.274 e. The highest BCUT2D eigenvalue weighted by atomic mass is 32.2. The normalized spacial score (nSPS) is 12.8. The Labute approximate surface area is 161 Å². The van der Waals surface area contributed by atoms with Gasteiger partial charge in [0.1, 0.15) is 11.6 Å². The van der Waals surface area contributed by atoms with Crippen molar-refractivity contribution in [3.05, 3.63) is 38.2 Å². The summed E-state index contributed by atoms with van der Waals surface area (Å²) in [5.41, 5.74) is 0.849. The third-order valence-corrected chi connectivity index (χ3v) is 6.79. The number of nitrogens with one attached hydrogen (secondary N) is 2. The highest BCUT2D eigenvalue weighted by Crippen LogP contribution is 2.21. The average Bonchev–Trinajstić information content (AvgIpc) is 2.98. The quantitative estimate of drug-likeness (QED) is 0.237. The Kier molecular flexibility index (Phi) is 8.80. The Morgan fingerprint density at radius 3 is 2.77 bits per heavy atom. The second-order valence-electron chi connectivity index (χ2n) is 6.12. The minimum absolute atomic E-state index is 0.0618. The second kappa shape index (κ2) is 10.1. The Balaban J connectivity index is 2.35. The van der Waals surface area contributed by atoms with Crippen LogP contribution in [0.4, 0.5) is 0 Å². The Hall–Kier alpha value is -1.37. The standard InChI is InChI=1S/C14H24N4O5S3/c1-14(2,3)26(21,22)23-8-13-17-11(10-25-13)9-24-6-5-16-12(15-4)7-18(19)20/h7,10,15-16H,5-6,8-9H2,1-4H3/b12-7+. The van der Waals surface area contributed by atoms with E-state index in [1.165, 1.54) is 11.3 Å². The highest BCUT2D eigenvalue weighted by Gasteiger charge is 2.30. The molecule has 9 nitrogen and oxygen atoms in total. The van der Waals surface area contributed by atoms with Gasteiger partial charge < -0.3 is 10.6 Å². The molecule has 148 valence electrons. The summed E-state index contributed by atoms with van der Waals surface area (Å²) in [6.07, 6.45) is 0.878. The predicted molar refractivity (Wildman–Crippen MR) is 104 cm³/mol. The van der Waals surface area contributed by atoms with Gasteiger partial charge in [-0.3, -0.25) is 14.3 Å². The molecule has 0 spiro atoms. The molecule has 26 heavy (non-hydrogen) atoms. The summed E-state index contributed by atoms with van der Waals surface area (Å²) in [5.74, 6) is 1.75. The summed E-state index contributed by atoms with van der Waals surface area (Å²) in [6.45, 7) is 5.25. The van der Waals surface area contributed by atoms with Crippen LogP contribution in [0, 0.1) is 10.1 Å². The van der Waals surface area contributed by atoms with E-state index in [0.29, 0.717) is 23.1 Å². The SMILES string of the molecule is CN/C(=C\[N+](=O)[O-])NCCSCc1csc(COS(=O)(=O)C(C)(C)C)n1. The number of hydrogen-bond donors (Lipinski definition) is 2. The van der Waals surface area contributed by atoms with Crippen molar-refractivity contribution in [2.45, 2.75) is 37.9 Å². The van der Waals surface area contributed by atoms with Crippen LogP contribution in [0.5, 0.6) is 0 Å². The molecule has 0 saturated carbocycles. The summed E-state index contributed by atoms with van der Waals surface area (Å²) in [4.78, 5) is 14.2. The van der Waals surface area contributed by atoms with Gasteiger partial charge in [-0.15, -0.1) is 11.3 Å². The number of nitrogens with zero attached hydrogens (tertiary/aromatic N) is 2. The van der Waals surface area contributed by atoms with Gasteiger partial charge in [0, 0.05) is 30.5 Å².